The predicted molar refractivity (Wildman–Crippen MR) is 76.8 cm³/mol. The predicted octanol–water partition coefficient (Wildman–Crippen LogP) is 5.66. The second-order valence-corrected chi connectivity index (χ2v) is 12.9. The van der Waals surface area contributed by atoms with Gasteiger partial charge < -0.3 is 4.43 Å². The Morgan fingerprint density at radius 1 is 1.25 bits per heavy atom. The molecular formula is C9H12Cl4OSSi. The van der Waals surface area contributed by atoms with E-state index in [4.69, 9.17) is 50.8 Å². The van der Waals surface area contributed by atoms with Crippen LogP contribution >= 0.6 is 57.7 Å². The highest BCUT2D eigenvalue weighted by Crippen LogP contribution is 2.46. The van der Waals surface area contributed by atoms with Gasteiger partial charge in [0.1, 0.15) is 6.10 Å². The molecule has 0 N–H and O–H groups in total. The van der Waals surface area contributed by atoms with Crippen LogP contribution in [-0.4, -0.2) is 12.1 Å². The van der Waals surface area contributed by atoms with E-state index in [1.165, 1.54) is 11.3 Å². The van der Waals surface area contributed by atoms with Crippen molar-refractivity contribution in [2.24, 2.45) is 0 Å². The van der Waals surface area contributed by atoms with Crippen molar-refractivity contribution in [2.75, 3.05) is 0 Å². The molecule has 1 unspecified atom stereocenters. The summed E-state index contributed by atoms with van der Waals surface area (Å²) in [7, 11) is -1.79. The van der Waals surface area contributed by atoms with E-state index in [0.717, 1.165) is 4.88 Å². The first kappa shape index (κ1) is 15.1. The molecule has 1 heterocycles. The second kappa shape index (κ2) is 5.35. The van der Waals surface area contributed by atoms with Crippen LogP contribution in [-0.2, 0) is 4.43 Å². The number of rotatable bonds is 3. The first-order valence-corrected chi connectivity index (χ1v) is 10.3. The van der Waals surface area contributed by atoms with Gasteiger partial charge in [-0.15, -0.1) is 11.3 Å². The fourth-order valence-corrected chi connectivity index (χ4v) is 4.27. The van der Waals surface area contributed by atoms with Crippen LogP contribution in [0.2, 0.25) is 24.0 Å². The maximum Gasteiger partial charge on any atom is 0.220 e. The monoisotopic (exact) mass is 336 g/mol. The summed E-state index contributed by atoms with van der Waals surface area (Å²) in [5.74, 6) is 0. The van der Waals surface area contributed by atoms with Crippen molar-refractivity contribution in [3.05, 3.63) is 21.3 Å². The van der Waals surface area contributed by atoms with E-state index in [1.54, 1.807) is 6.07 Å². The first-order valence-electron chi connectivity index (χ1n) is 4.59. The fourth-order valence-electron chi connectivity index (χ4n) is 1.11. The average molecular weight is 338 g/mol. The van der Waals surface area contributed by atoms with Crippen molar-refractivity contribution >= 4 is 66.1 Å². The zero-order chi connectivity index (χ0) is 12.6. The average Bonchev–Trinajstić information content (AvgIpc) is 2.43. The molecule has 0 bridgehead atoms. The maximum atomic E-state index is 5.94. The van der Waals surface area contributed by atoms with Crippen molar-refractivity contribution in [3.63, 3.8) is 0 Å². The zero-order valence-corrected chi connectivity index (χ0v) is 13.9. The zero-order valence-electron chi connectivity index (χ0n) is 9.06. The van der Waals surface area contributed by atoms with Crippen LogP contribution in [0.15, 0.2) is 12.1 Å². The van der Waals surface area contributed by atoms with E-state index in [-0.39, 0.29) is 0 Å². The molecule has 0 aliphatic carbocycles. The Kier molecular flexibility index (Phi) is 5.05. The standard InChI is InChI=1S/C9H12Cl4OSSi/c1-16(2,3)14-8(9(11,12)13)6-4-5-7(10)15-6/h4-5,8H,1-3H3. The van der Waals surface area contributed by atoms with Gasteiger partial charge in [-0.2, -0.15) is 0 Å². The van der Waals surface area contributed by atoms with Crippen molar-refractivity contribution in [1.82, 2.24) is 0 Å². The van der Waals surface area contributed by atoms with Gasteiger partial charge in [-0.3, -0.25) is 0 Å². The Balaban J connectivity index is 2.98. The van der Waals surface area contributed by atoms with Crippen LogP contribution in [0, 0.1) is 0 Å². The number of alkyl halides is 3. The highest BCUT2D eigenvalue weighted by molar-refractivity contribution is 7.16. The van der Waals surface area contributed by atoms with Gasteiger partial charge in [0.25, 0.3) is 0 Å². The summed E-state index contributed by atoms with van der Waals surface area (Å²) in [6.45, 7) is 6.14. The summed E-state index contributed by atoms with van der Waals surface area (Å²) >= 11 is 25.1. The molecule has 0 fully saturated rings. The van der Waals surface area contributed by atoms with Crippen molar-refractivity contribution in [3.8, 4) is 0 Å². The van der Waals surface area contributed by atoms with Gasteiger partial charge in [0.15, 0.2) is 8.32 Å². The lowest BCUT2D eigenvalue weighted by atomic mass is 10.3. The minimum Gasteiger partial charge on any atom is -0.405 e. The van der Waals surface area contributed by atoms with E-state index in [0.29, 0.717) is 4.34 Å². The van der Waals surface area contributed by atoms with Crippen LogP contribution in [0.1, 0.15) is 11.0 Å². The molecule has 0 spiro atoms. The Labute approximate surface area is 121 Å². The third-order valence-corrected chi connectivity index (χ3v) is 4.43. The van der Waals surface area contributed by atoms with E-state index in [1.807, 2.05) is 25.7 Å². The Morgan fingerprint density at radius 2 is 1.81 bits per heavy atom. The molecule has 0 saturated heterocycles. The maximum absolute atomic E-state index is 5.94. The number of hydrogen-bond acceptors (Lipinski definition) is 2. The molecule has 92 valence electrons. The van der Waals surface area contributed by atoms with E-state index in [2.05, 4.69) is 0 Å². The van der Waals surface area contributed by atoms with Gasteiger partial charge in [-0.05, 0) is 31.8 Å². The molecule has 0 amide bonds. The summed E-state index contributed by atoms with van der Waals surface area (Å²) in [5, 5.41) is 0. The Morgan fingerprint density at radius 3 is 2.12 bits per heavy atom. The SMILES string of the molecule is C[Si](C)(C)OC(c1ccc(Cl)s1)C(Cl)(Cl)Cl. The van der Waals surface area contributed by atoms with Gasteiger partial charge in [-0.1, -0.05) is 46.4 Å². The molecule has 1 atom stereocenters. The van der Waals surface area contributed by atoms with E-state index < -0.39 is 18.2 Å². The van der Waals surface area contributed by atoms with Crippen molar-refractivity contribution in [2.45, 2.75) is 29.5 Å². The molecule has 0 aromatic carbocycles. The normalized spacial score (nSPS) is 15.2. The Hall–Kier alpha value is 1.04. The summed E-state index contributed by atoms with van der Waals surface area (Å²) < 4.78 is 5.08. The van der Waals surface area contributed by atoms with E-state index in [9.17, 15) is 0 Å². The van der Waals surface area contributed by atoms with Gasteiger partial charge in [0.05, 0.1) is 4.34 Å². The minimum absolute atomic E-state index is 0.554. The van der Waals surface area contributed by atoms with Crippen LogP contribution in [0.3, 0.4) is 0 Å². The molecule has 0 saturated carbocycles. The number of halogens is 4. The highest BCUT2D eigenvalue weighted by atomic mass is 35.6. The molecule has 0 aliphatic heterocycles. The number of thiophene rings is 1. The van der Waals surface area contributed by atoms with Gasteiger partial charge in [0, 0.05) is 4.88 Å². The Bertz CT molecular complexity index is 355. The van der Waals surface area contributed by atoms with Crippen LogP contribution in [0.4, 0.5) is 0 Å². The summed E-state index contributed by atoms with van der Waals surface area (Å²) in [4.78, 5) is 0.840. The highest BCUT2D eigenvalue weighted by Gasteiger charge is 2.38. The second-order valence-electron chi connectivity index (χ2n) is 4.29. The lowest BCUT2D eigenvalue weighted by molar-refractivity contribution is 0.206. The lowest BCUT2D eigenvalue weighted by Gasteiger charge is -2.30. The van der Waals surface area contributed by atoms with Gasteiger partial charge in [-0.25, -0.2) is 0 Å². The summed E-state index contributed by atoms with van der Waals surface area (Å²) in [5.41, 5.74) is 0. The largest absolute Gasteiger partial charge is 0.405 e. The molecule has 0 radical (unpaired) electrons. The molecular weight excluding hydrogens is 326 g/mol. The third-order valence-electron chi connectivity index (χ3n) is 1.62. The molecule has 1 nitrogen and oxygen atoms in total. The molecule has 0 aliphatic rings. The van der Waals surface area contributed by atoms with Crippen LogP contribution < -0.4 is 0 Å². The van der Waals surface area contributed by atoms with Crippen molar-refractivity contribution in [1.29, 1.82) is 0 Å². The molecule has 1 rings (SSSR count). The molecule has 7 heteroatoms. The van der Waals surface area contributed by atoms with E-state index >= 15 is 0 Å². The van der Waals surface area contributed by atoms with Crippen LogP contribution in [0.5, 0.6) is 0 Å². The fraction of sp³-hybridized carbons (Fsp3) is 0.556. The van der Waals surface area contributed by atoms with Crippen LogP contribution in [0.25, 0.3) is 0 Å². The first-order chi connectivity index (χ1) is 7.09. The smallest absolute Gasteiger partial charge is 0.220 e. The molecule has 1 aromatic heterocycles. The quantitative estimate of drug-likeness (QED) is 0.510. The summed E-state index contributed by atoms with van der Waals surface area (Å²) in [6, 6.07) is 3.61. The van der Waals surface area contributed by atoms with Gasteiger partial charge >= 0.3 is 0 Å². The van der Waals surface area contributed by atoms with Crippen molar-refractivity contribution < 1.29 is 4.43 Å². The lowest BCUT2D eigenvalue weighted by Crippen LogP contribution is -2.33. The topological polar surface area (TPSA) is 9.23 Å². The number of hydrogen-bond donors (Lipinski definition) is 0. The molecule has 1 aromatic rings. The third kappa shape index (κ3) is 4.73. The van der Waals surface area contributed by atoms with Gasteiger partial charge in [0.2, 0.25) is 3.79 Å². The summed E-state index contributed by atoms with van der Waals surface area (Å²) in [6.07, 6.45) is -0.554. The molecule has 16 heavy (non-hydrogen) atoms. The minimum atomic E-state index is -1.79.